The van der Waals surface area contributed by atoms with Crippen molar-refractivity contribution in [2.75, 3.05) is 24.5 Å². The van der Waals surface area contributed by atoms with Gasteiger partial charge in [-0.2, -0.15) is 0 Å². The zero-order valence-electron chi connectivity index (χ0n) is 14.6. The molecule has 0 radical (unpaired) electrons. The number of amides is 1. The molecule has 0 bridgehead atoms. The molecule has 0 atom stereocenters. The molecule has 0 aromatic carbocycles. The highest BCUT2D eigenvalue weighted by molar-refractivity contribution is 5.92. The number of hydrogen-bond acceptors (Lipinski definition) is 3. The van der Waals surface area contributed by atoms with Gasteiger partial charge in [0.1, 0.15) is 5.69 Å². The lowest BCUT2D eigenvalue weighted by atomic mass is 9.97. The first kappa shape index (κ1) is 17.0. The lowest BCUT2D eigenvalue weighted by Gasteiger charge is -2.22. The maximum atomic E-state index is 12.2. The van der Waals surface area contributed by atoms with Gasteiger partial charge in [-0.25, -0.2) is 4.98 Å². The van der Waals surface area contributed by atoms with E-state index >= 15 is 0 Å². The van der Waals surface area contributed by atoms with Crippen LogP contribution in [0.3, 0.4) is 0 Å². The van der Waals surface area contributed by atoms with Crippen molar-refractivity contribution in [3.05, 3.63) is 35.7 Å². The van der Waals surface area contributed by atoms with Gasteiger partial charge in [0, 0.05) is 19.6 Å². The standard InChI is InChI=1S/C20H29N3O/c24-20(21-13-12-17-8-4-3-5-9-17)19-11-10-18(16-22-19)23-14-6-1-2-7-15-23/h8,10-11,16H,1-7,9,12-15H2,(H,21,24). The highest BCUT2D eigenvalue weighted by Gasteiger charge is 2.12. The number of allylic oxidation sites excluding steroid dienone is 1. The maximum Gasteiger partial charge on any atom is 0.269 e. The molecule has 4 nitrogen and oxygen atoms in total. The zero-order valence-corrected chi connectivity index (χ0v) is 14.6. The van der Waals surface area contributed by atoms with Gasteiger partial charge >= 0.3 is 0 Å². The minimum atomic E-state index is -0.0613. The van der Waals surface area contributed by atoms with Crippen LogP contribution in [0.15, 0.2) is 30.0 Å². The first-order chi connectivity index (χ1) is 11.8. The van der Waals surface area contributed by atoms with E-state index in [-0.39, 0.29) is 5.91 Å². The number of rotatable bonds is 5. The van der Waals surface area contributed by atoms with Crippen LogP contribution >= 0.6 is 0 Å². The Bertz CT molecular complexity index is 557. The summed E-state index contributed by atoms with van der Waals surface area (Å²) in [6.45, 7) is 2.91. The lowest BCUT2D eigenvalue weighted by molar-refractivity contribution is 0.0949. The van der Waals surface area contributed by atoms with E-state index in [4.69, 9.17) is 0 Å². The van der Waals surface area contributed by atoms with Gasteiger partial charge in [0.15, 0.2) is 0 Å². The van der Waals surface area contributed by atoms with Crippen molar-refractivity contribution < 1.29 is 4.79 Å². The Labute approximate surface area is 145 Å². The zero-order chi connectivity index (χ0) is 16.6. The van der Waals surface area contributed by atoms with Crippen LogP contribution in [0.2, 0.25) is 0 Å². The number of nitrogens with zero attached hydrogens (tertiary/aromatic N) is 2. The molecule has 4 heteroatoms. The van der Waals surface area contributed by atoms with Crippen molar-refractivity contribution in [2.24, 2.45) is 0 Å². The molecule has 1 N–H and O–H groups in total. The van der Waals surface area contributed by atoms with Crippen LogP contribution in [-0.4, -0.2) is 30.5 Å². The second-order valence-corrected chi connectivity index (χ2v) is 6.92. The van der Waals surface area contributed by atoms with E-state index < -0.39 is 0 Å². The average Bonchev–Trinajstić information content (AvgIpc) is 2.92. The summed E-state index contributed by atoms with van der Waals surface area (Å²) >= 11 is 0. The monoisotopic (exact) mass is 327 g/mol. The molecule has 1 aliphatic carbocycles. The third kappa shape index (κ3) is 4.83. The van der Waals surface area contributed by atoms with Gasteiger partial charge < -0.3 is 10.2 Å². The van der Waals surface area contributed by atoms with E-state index in [9.17, 15) is 4.79 Å². The summed E-state index contributed by atoms with van der Waals surface area (Å²) in [7, 11) is 0. The Hall–Kier alpha value is -1.84. The van der Waals surface area contributed by atoms with E-state index in [1.807, 2.05) is 18.3 Å². The van der Waals surface area contributed by atoms with Gasteiger partial charge in [0.2, 0.25) is 0 Å². The second-order valence-electron chi connectivity index (χ2n) is 6.92. The van der Waals surface area contributed by atoms with E-state index in [1.165, 1.54) is 56.9 Å². The molecule has 0 saturated carbocycles. The summed E-state index contributed by atoms with van der Waals surface area (Å²) in [4.78, 5) is 19.0. The molecule has 1 amide bonds. The minimum absolute atomic E-state index is 0.0613. The Morgan fingerprint density at radius 1 is 1.08 bits per heavy atom. The molecule has 2 heterocycles. The van der Waals surface area contributed by atoms with Crippen LogP contribution in [0.1, 0.15) is 68.3 Å². The number of aromatic nitrogens is 1. The van der Waals surface area contributed by atoms with Gasteiger partial charge in [-0.1, -0.05) is 24.5 Å². The SMILES string of the molecule is O=C(NCCC1=CCCCC1)c1ccc(N2CCCCCC2)cn1. The third-order valence-corrected chi connectivity index (χ3v) is 5.07. The van der Waals surface area contributed by atoms with Crippen molar-refractivity contribution in [2.45, 2.75) is 57.8 Å². The number of carbonyl (C=O) groups excluding carboxylic acids is 1. The number of pyridine rings is 1. The van der Waals surface area contributed by atoms with Crippen molar-refractivity contribution in [3.63, 3.8) is 0 Å². The highest BCUT2D eigenvalue weighted by Crippen LogP contribution is 2.20. The Morgan fingerprint density at radius 2 is 1.92 bits per heavy atom. The van der Waals surface area contributed by atoms with Crippen LogP contribution in [0.25, 0.3) is 0 Å². The summed E-state index contributed by atoms with van der Waals surface area (Å²) in [5.74, 6) is -0.0613. The topological polar surface area (TPSA) is 45.2 Å². The maximum absolute atomic E-state index is 12.2. The van der Waals surface area contributed by atoms with E-state index in [0.717, 1.165) is 25.2 Å². The van der Waals surface area contributed by atoms with E-state index in [2.05, 4.69) is 21.3 Å². The Balaban J connectivity index is 1.49. The normalized spacial score (nSPS) is 18.7. The summed E-state index contributed by atoms with van der Waals surface area (Å²) < 4.78 is 0. The van der Waals surface area contributed by atoms with Crippen molar-refractivity contribution in [3.8, 4) is 0 Å². The summed E-state index contributed by atoms with van der Waals surface area (Å²) in [5.41, 5.74) is 3.15. The predicted molar refractivity (Wildman–Crippen MR) is 98.4 cm³/mol. The molecule has 1 fully saturated rings. The van der Waals surface area contributed by atoms with Gasteiger partial charge in [0.05, 0.1) is 11.9 Å². The fourth-order valence-corrected chi connectivity index (χ4v) is 3.60. The molecule has 1 saturated heterocycles. The third-order valence-electron chi connectivity index (χ3n) is 5.07. The van der Waals surface area contributed by atoms with Gasteiger partial charge in [-0.15, -0.1) is 0 Å². The number of nitrogens with one attached hydrogen (secondary N) is 1. The molecule has 24 heavy (non-hydrogen) atoms. The molecule has 0 spiro atoms. The quantitative estimate of drug-likeness (QED) is 0.829. The fraction of sp³-hybridized carbons (Fsp3) is 0.600. The average molecular weight is 327 g/mol. The van der Waals surface area contributed by atoms with Crippen molar-refractivity contribution in [1.29, 1.82) is 0 Å². The van der Waals surface area contributed by atoms with Crippen LogP contribution in [0.4, 0.5) is 5.69 Å². The second kappa shape index (κ2) is 8.86. The van der Waals surface area contributed by atoms with Crippen LogP contribution in [-0.2, 0) is 0 Å². The largest absolute Gasteiger partial charge is 0.370 e. The van der Waals surface area contributed by atoms with E-state index in [1.54, 1.807) is 0 Å². The van der Waals surface area contributed by atoms with Gasteiger partial charge in [0.25, 0.3) is 5.91 Å². The van der Waals surface area contributed by atoms with Crippen LogP contribution in [0, 0.1) is 0 Å². The molecule has 2 aliphatic rings. The summed E-state index contributed by atoms with van der Waals surface area (Å²) in [6, 6.07) is 3.90. The molecule has 1 aromatic rings. The Morgan fingerprint density at radius 3 is 2.58 bits per heavy atom. The molecular weight excluding hydrogens is 298 g/mol. The molecule has 130 valence electrons. The smallest absolute Gasteiger partial charge is 0.269 e. The van der Waals surface area contributed by atoms with Crippen LogP contribution < -0.4 is 10.2 Å². The first-order valence-corrected chi connectivity index (χ1v) is 9.50. The number of carbonyl (C=O) groups is 1. The van der Waals surface area contributed by atoms with Crippen molar-refractivity contribution in [1.82, 2.24) is 10.3 Å². The molecular formula is C20H29N3O. The highest BCUT2D eigenvalue weighted by atomic mass is 16.1. The first-order valence-electron chi connectivity index (χ1n) is 9.50. The molecule has 3 rings (SSSR count). The van der Waals surface area contributed by atoms with Gasteiger partial charge in [-0.3, -0.25) is 4.79 Å². The molecule has 1 aliphatic heterocycles. The number of hydrogen-bond donors (Lipinski definition) is 1. The Kier molecular flexibility index (Phi) is 6.27. The molecule has 0 unspecified atom stereocenters. The number of anilines is 1. The summed E-state index contributed by atoms with van der Waals surface area (Å²) in [6.07, 6.45) is 15.3. The predicted octanol–water partition coefficient (Wildman–Crippen LogP) is 4.08. The van der Waals surface area contributed by atoms with E-state index in [0.29, 0.717) is 12.2 Å². The summed E-state index contributed by atoms with van der Waals surface area (Å²) in [5, 5.41) is 3.00. The van der Waals surface area contributed by atoms with Crippen molar-refractivity contribution >= 4 is 11.6 Å². The fourth-order valence-electron chi connectivity index (χ4n) is 3.60. The van der Waals surface area contributed by atoms with Crippen LogP contribution in [0.5, 0.6) is 0 Å². The molecule has 1 aromatic heterocycles. The minimum Gasteiger partial charge on any atom is -0.370 e. The van der Waals surface area contributed by atoms with Gasteiger partial charge in [-0.05, 0) is 57.1 Å². The lowest BCUT2D eigenvalue weighted by Crippen LogP contribution is -2.27.